The van der Waals surface area contributed by atoms with Crippen LogP contribution in [0.2, 0.25) is 0 Å². The van der Waals surface area contributed by atoms with E-state index in [1.807, 2.05) is 25.1 Å². The van der Waals surface area contributed by atoms with Crippen LogP contribution in [-0.4, -0.2) is 31.5 Å². The number of rotatable bonds is 5. The van der Waals surface area contributed by atoms with E-state index in [2.05, 4.69) is 19.6 Å². The zero-order valence-electron chi connectivity index (χ0n) is 15.5. The van der Waals surface area contributed by atoms with Gasteiger partial charge in [0.1, 0.15) is 17.5 Å². The number of para-hydroxylation sites is 1. The molecule has 8 heteroatoms. The van der Waals surface area contributed by atoms with Crippen molar-refractivity contribution in [3.05, 3.63) is 59.7 Å². The van der Waals surface area contributed by atoms with Crippen LogP contribution >= 0.6 is 0 Å². The molecule has 0 saturated carbocycles. The van der Waals surface area contributed by atoms with Crippen LogP contribution in [0.25, 0.3) is 10.9 Å². The van der Waals surface area contributed by atoms with Gasteiger partial charge < -0.3 is 4.90 Å². The Kier molecular flexibility index (Phi) is 4.99. The van der Waals surface area contributed by atoms with E-state index in [4.69, 9.17) is 0 Å². The van der Waals surface area contributed by atoms with Gasteiger partial charge in [0.05, 0.1) is 17.0 Å². The minimum atomic E-state index is -3.78. The molecule has 2 aromatic carbocycles. The number of hydrogen-bond acceptors (Lipinski definition) is 5. The monoisotopic (exact) mass is 400 g/mol. The molecule has 6 nitrogen and oxygen atoms in total. The predicted octanol–water partition coefficient (Wildman–Crippen LogP) is 3.16. The van der Waals surface area contributed by atoms with Gasteiger partial charge in [0.25, 0.3) is 0 Å². The molecule has 3 aromatic rings. The summed E-state index contributed by atoms with van der Waals surface area (Å²) in [6, 6.07) is 10.7. The maximum Gasteiger partial charge on any atom is 0.240 e. The lowest BCUT2D eigenvalue weighted by Gasteiger charge is -2.20. The Labute approximate surface area is 163 Å². The van der Waals surface area contributed by atoms with E-state index in [9.17, 15) is 12.8 Å². The van der Waals surface area contributed by atoms with Crippen LogP contribution in [0.1, 0.15) is 24.2 Å². The summed E-state index contributed by atoms with van der Waals surface area (Å²) in [4.78, 5) is 11.5. The van der Waals surface area contributed by atoms with Crippen molar-refractivity contribution < 1.29 is 12.8 Å². The van der Waals surface area contributed by atoms with Crippen LogP contribution in [-0.2, 0) is 16.6 Å². The van der Waals surface area contributed by atoms with Gasteiger partial charge in [-0.15, -0.1) is 0 Å². The molecule has 28 heavy (non-hydrogen) atoms. The second-order valence-corrected chi connectivity index (χ2v) is 8.67. The summed E-state index contributed by atoms with van der Waals surface area (Å²) < 4.78 is 40.6. The molecule has 1 aromatic heterocycles. The first-order chi connectivity index (χ1) is 13.4. The number of nitrogens with zero attached hydrogens (tertiary/aromatic N) is 3. The Balaban J connectivity index is 1.67. The Morgan fingerprint density at radius 2 is 1.79 bits per heavy atom. The van der Waals surface area contributed by atoms with Gasteiger partial charge in [0, 0.05) is 18.5 Å². The van der Waals surface area contributed by atoms with E-state index in [-0.39, 0.29) is 11.4 Å². The Bertz CT molecular complexity index is 1110. The fourth-order valence-electron chi connectivity index (χ4n) is 3.43. The van der Waals surface area contributed by atoms with E-state index in [0.29, 0.717) is 5.82 Å². The first kappa shape index (κ1) is 18.8. The number of fused-ring (bicyclic) bond motifs is 1. The molecule has 2 heterocycles. The summed E-state index contributed by atoms with van der Waals surface area (Å²) >= 11 is 0. The second kappa shape index (κ2) is 7.44. The van der Waals surface area contributed by atoms with Crippen LogP contribution in [0.15, 0.2) is 47.4 Å². The first-order valence-corrected chi connectivity index (χ1v) is 10.7. The van der Waals surface area contributed by atoms with Crippen molar-refractivity contribution in [1.29, 1.82) is 0 Å². The van der Waals surface area contributed by atoms with Gasteiger partial charge in [0.15, 0.2) is 0 Å². The Morgan fingerprint density at radius 3 is 2.50 bits per heavy atom. The van der Waals surface area contributed by atoms with E-state index in [1.54, 1.807) is 0 Å². The molecule has 1 fully saturated rings. The summed E-state index contributed by atoms with van der Waals surface area (Å²) in [6.45, 7) is 3.81. The van der Waals surface area contributed by atoms with Gasteiger partial charge >= 0.3 is 0 Å². The van der Waals surface area contributed by atoms with E-state index in [1.165, 1.54) is 12.1 Å². The summed E-state index contributed by atoms with van der Waals surface area (Å²) in [5.41, 5.74) is 1.85. The van der Waals surface area contributed by atoms with Gasteiger partial charge in [-0.2, -0.15) is 0 Å². The van der Waals surface area contributed by atoms with Crippen molar-refractivity contribution in [2.24, 2.45) is 0 Å². The molecule has 1 saturated heterocycles. The zero-order valence-corrected chi connectivity index (χ0v) is 16.3. The number of aromatic nitrogens is 2. The van der Waals surface area contributed by atoms with E-state index >= 15 is 0 Å². The van der Waals surface area contributed by atoms with Crippen LogP contribution in [0.5, 0.6) is 0 Å². The summed E-state index contributed by atoms with van der Waals surface area (Å²) in [7, 11) is -3.78. The molecule has 0 aliphatic carbocycles. The predicted molar refractivity (Wildman–Crippen MR) is 106 cm³/mol. The minimum Gasteiger partial charge on any atom is -0.356 e. The van der Waals surface area contributed by atoms with Gasteiger partial charge in [-0.1, -0.05) is 12.1 Å². The lowest BCUT2D eigenvalue weighted by Crippen LogP contribution is -2.26. The number of sulfonamides is 1. The second-order valence-electron chi connectivity index (χ2n) is 6.91. The van der Waals surface area contributed by atoms with Crippen molar-refractivity contribution in [3.8, 4) is 0 Å². The SMILES string of the molecule is Cc1cccc2c(N3CCCC3)nc(CNS(=O)(=O)c3ccc(F)cc3)nc12. The van der Waals surface area contributed by atoms with E-state index in [0.717, 1.165) is 60.3 Å². The normalized spacial score (nSPS) is 14.7. The van der Waals surface area contributed by atoms with Crippen LogP contribution in [0, 0.1) is 12.7 Å². The molecule has 1 aliphatic rings. The third-order valence-electron chi connectivity index (χ3n) is 4.90. The maximum absolute atomic E-state index is 13.1. The largest absolute Gasteiger partial charge is 0.356 e. The number of anilines is 1. The molecule has 4 rings (SSSR count). The Morgan fingerprint density at radius 1 is 1.07 bits per heavy atom. The number of halogens is 1. The Hall–Kier alpha value is -2.58. The zero-order chi connectivity index (χ0) is 19.7. The highest BCUT2D eigenvalue weighted by Gasteiger charge is 2.20. The smallest absolute Gasteiger partial charge is 0.240 e. The average molecular weight is 400 g/mol. The first-order valence-electron chi connectivity index (χ1n) is 9.20. The molecule has 1 aliphatic heterocycles. The summed E-state index contributed by atoms with van der Waals surface area (Å²) in [6.07, 6.45) is 2.23. The minimum absolute atomic E-state index is 0.00522. The number of aryl methyl sites for hydroxylation is 1. The molecule has 0 unspecified atom stereocenters. The molecular weight excluding hydrogens is 379 g/mol. The molecule has 0 spiro atoms. The van der Waals surface area contributed by atoms with Crippen molar-refractivity contribution in [3.63, 3.8) is 0 Å². The number of hydrogen-bond donors (Lipinski definition) is 1. The lowest BCUT2D eigenvalue weighted by molar-refractivity contribution is 0.578. The highest BCUT2D eigenvalue weighted by atomic mass is 32.2. The highest BCUT2D eigenvalue weighted by Crippen LogP contribution is 2.28. The van der Waals surface area contributed by atoms with Gasteiger partial charge in [-0.05, 0) is 55.7 Å². The fraction of sp³-hybridized carbons (Fsp3) is 0.300. The van der Waals surface area contributed by atoms with Crippen LogP contribution in [0.4, 0.5) is 10.2 Å². The molecule has 0 amide bonds. The molecule has 0 bridgehead atoms. The molecule has 1 N–H and O–H groups in total. The average Bonchev–Trinajstić information content (AvgIpc) is 3.21. The van der Waals surface area contributed by atoms with Crippen LogP contribution in [0.3, 0.4) is 0 Å². The molecular formula is C20H21FN4O2S. The maximum atomic E-state index is 13.1. The van der Waals surface area contributed by atoms with Gasteiger partial charge in [0.2, 0.25) is 10.0 Å². The van der Waals surface area contributed by atoms with Crippen molar-refractivity contribution in [2.75, 3.05) is 18.0 Å². The standard InChI is InChI=1S/C20H21FN4O2S/c1-14-5-4-6-17-19(14)23-18(24-20(17)25-11-2-3-12-25)13-22-28(26,27)16-9-7-15(21)8-10-16/h4-10,22H,2-3,11-13H2,1H3. The van der Waals surface area contributed by atoms with Crippen molar-refractivity contribution >= 4 is 26.7 Å². The number of benzene rings is 2. The summed E-state index contributed by atoms with van der Waals surface area (Å²) in [5, 5.41) is 0.979. The third kappa shape index (κ3) is 3.70. The third-order valence-corrected chi connectivity index (χ3v) is 6.32. The molecule has 0 radical (unpaired) electrons. The topological polar surface area (TPSA) is 75.2 Å². The molecule has 146 valence electrons. The lowest BCUT2D eigenvalue weighted by atomic mass is 10.1. The van der Waals surface area contributed by atoms with E-state index < -0.39 is 15.8 Å². The van der Waals surface area contributed by atoms with Crippen LogP contribution < -0.4 is 9.62 Å². The van der Waals surface area contributed by atoms with Crippen molar-refractivity contribution in [2.45, 2.75) is 31.2 Å². The quantitative estimate of drug-likeness (QED) is 0.712. The van der Waals surface area contributed by atoms with Crippen molar-refractivity contribution in [1.82, 2.24) is 14.7 Å². The molecule has 0 atom stereocenters. The van der Waals surface area contributed by atoms with Gasteiger partial charge in [-0.25, -0.2) is 27.5 Å². The van der Waals surface area contributed by atoms with Gasteiger partial charge in [-0.3, -0.25) is 0 Å². The summed E-state index contributed by atoms with van der Waals surface area (Å²) in [5.74, 6) is 0.777. The number of nitrogens with one attached hydrogen (secondary N) is 1. The highest BCUT2D eigenvalue weighted by molar-refractivity contribution is 7.89. The fourth-order valence-corrected chi connectivity index (χ4v) is 4.41.